The maximum atomic E-state index is 11.2. The Morgan fingerprint density at radius 1 is 1.23 bits per heavy atom. The van der Waals surface area contributed by atoms with Crippen molar-refractivity contribution in [2.45, 2.75) is 13.3 Å². The van der Waals surface area contributed by atoms with Crippen molar-refractivity contribution < 1.29 is 14.3 Å². The Morgan fingerprint density at radius 3 is 2.69 bits per heavy atom. The van der Waals surface area contributed by atoms with Crippen molar-refractivity contribution in [2.24, 2.45) is 0 Å². The summed E-state index contributed by atoms with van der Waals surface area (Å²) in [7, 11) is 0. The molecule has 0 aromatic heterocycles. The van der Waals surface area contributed by atoms with Crippen molar-refractivity contribution in [3.05, 3.63) is 34.9 Å². The van der Waals surface area contributed by atoms with Gasteiger partial charge in [-0.25, -0.2) is 9.59 Å². The van der Waals surface area contributed by atoms with Gasteiger partial charge in [0.05, 0.1) is 11.1 Å². The number of esters is 2. The fraction of sp³-hybridized carbons (Fsp3) is 0.200. The van der Waals surface area contributed by atoms with Gasteiger partial charge < -0.3 is 4.74 Å². The molecule has 1 heterocycles. The molecule has 0 spiro atoms. The number of aryl methyl sites for hydroxylation is 1. The number of cyclic esters (lactones) is 2. The average molecular weight is 176 g/mol. The Bertz CT molecular complexity index is 393. The summed E-state index contributed by atoms with van der Waals surface area (Å²) in [6.45, 7) is 1.94. The summed E-state index contributed by atoms with van der Waals surface area (Å²) >= 11 is 0. The van der Waals surface area contributed by atoms with E-state index in [4.69, 9.17) is 0 Å². The van der Waals surface area contributed by atoms with Gasteiger partial charge in [-0.3, -0.25) is 0 Å². The van der Waals surface area contributed by atoms with Gasteiger partial charge in [0.2, 0.25) is 0 Å². The fourth-order valence-electron chi connectivity index (χ4n) is 1.50. The maximum absolute atomic E-state index is 11.2. The third-order valence-electron chi connectivity index (χ3n) is 2.14. The SMILES string of the molecule is CCc1cccc2c1C(=O)OC2=O. The Hall–Kier alpha value is -1.64. The van der Waals surface area contributed by atoms with E-state index in [9.17, 15) is 9.59 Å². The van der Waals surface area contributed by atoms with Crippen molar-refractivity contribution in [3.8, 4) is 0 Å². The molecule has 0 N–H and O–H groups in total. The zero-order valence-corrected chi connectivity index (χ0v) is 7.16. The van der Waals surface area contributed by atoms with Crippen LogP contribution in [0, 0.1) is 0 Å². The molecule has 2 rings (SSSR count). The van der Waals surface area contributed by atoms with Crippen LogP contribution in [0.2, 0.25) is 0 Å². The normalized spacial score (nSPS) is 14.2. The molecule has 0 aliphatic carbocycles. The lowest BCUT2D eigenvalue weighted by atomic mass is 10.0. The van der Waals surface area contributed by atoms with E-state index in [0.717, 1.165) is 12.0 Å². The van der Waals surface area contributed by atoms with Crippen LogP contribution in [0.1, 0.15) is 33.2 Å². The third-order valence-corrected chi connectivity index (χ3v) is 2.14. The molecule has 0 atom stereocenters. The lowest BCUT2D eigenvalue weighted by Crippen LogP contribution is -1.99. The van der Waals surface area contributed by atoms with Gasteiger partial charge in [-0.2, -0.15) is 0 Å². The first-order chi connectivity index (χ1) is 6.24. The molecule has 0 unspecified atom stereocenters. The molecule has 1 aliphatic heterocycles. The molecule has 0 saturated heterocycles. The van der Waals surface area contributed by atoms with E-state index >= 15 is 0 Å². The largest absolute Gasteiger partial charge is 0.386 e. The zero-order valence-electron chi connectivity index (χ0n) is 7.16. The van der Waals surface area contributed by atoms with Gasteiger partial charge in [-0.15, -0.1) is 0 Å². The molecule has 1 aromatic carbocycles. The molecule has 66 valence electrons. The lowest BCUT2D eigenvalue weighted by molar-refractivity contribution is 0.0443. The summed E-state index contributed by atoms with van der Waals surface area (Å²) in [5, 5.41) is 0. The molecule has 0 amide bonds. The van der Waals surface area contributed by atoms with Crippen LogP contribution in [0.3, 0.4) is 0 Å². The molecule has 0 radical (unpaired) electrons. The summed E-state index contributed by atoms with van der Waals surface area (Å²) in [5.74, 6) is -1.05. The first-order valence-electron chi connectivity index (χ1n) is 4.12. The van der Waals surface area contributed by atoms with Gasteiger partial charge in [-0.1, -0.05) is 19.1 Å². The van der Waals surface area contributed by atoms with Crippen molar-refractivity contribution in [2.75, 3.05) is 0 Å². The van der Waals surface area contributed by atoms with Crippen molar-refractivity contribution in [1.82, 2.24) is 0 Å². The van der Waals surface area contributed by atoms with Crippen LogP contribution in [0.25, 0.3) is 0 Å². The van der Waals surface area contributed by atoms with Crippen LogP contribution in [0.4, 0.5) is 0 Å². The predicted molar refractivity (Wildman–Crippen MR) is 45.6 cm³/mol. The van der Waals surface area contributed by atoms with E-state index < -0.39 is 11.9 Å². The van der Waals surface area contributed by atoms with Gasteiger partial charge in [0.1, 0.15) is 0 Å². The third kappa shape index (κ3) is 1.04. The molecular weight excluding hydrogens is 168 g/mol. The topological polar surface area (TPSA) is 43.4 Å². The van der Waals surface area contributed by atoms with E-state index in [1.54, 1.807) is 12.1 Å². The quantitative estimate of drug-likeness (QED) is 0.481. The minimum absolute atomic E-state index is 0.393. The maximum Gasteiger partial charge on any atom is 0.347 e. The van der Waals surface area contributed by atoms with Crippen molar-refractivity contribution in [3.63, 3.8) is 0 Å². The molecule has 3 nitrogen and oxygen atoms in total. The van der Waals surface area contributed by atoms with Crippen molar-refractivity contribution in [1.29, 1.82) is 0 Å². The van der Waals surface area contributed by atoms with E-state index in [2.05, 4.69) is 4.74 Å². The van der Waals surface area contributed by atoms with Gasteiger partial charge in [0.25, 0.3) is 0 Å². The molecule has 1 aromatic rings. The Labute approximate surface area is 75.3 Å². The molecular formula is C10H8O3. The summed E-state index contributed by atoms with van der Waals surface area (Å²) in [4.78, 5) is 22.3. The second-order valence-electron chi connectivity index (χ2n) is 2.87. The number of carbonyl (C=O) groups is 2. The highest BCUT2D eigenvalue weighted by Gasteiger charge is 2.31. The highest BCUT2D eigenvalue weighted by Crippen LogP contribution is 2.23. The van der Waals surface area contributed by atoms with Crippen molar-refractivity contribution >= 4 is 11.9 Å². The number of hydrogen-bond donors (Lipinski definition) is 0. The zero-order chi connectivity index (χ0) is 9.42. The Balaban J connectivity index is 2.69. The van der Waals surface area contributed by atoms with Gasteiger partial charge in [-0.05, 0) is 18.1 Å². The van der Waals surface area contributed by atoms with Crippen LogP contribution >= 0.6 is 0 Å². The van der Waals surface area contributed by atoms with Crippen LogP contribution in [0.5, 0.6) is 0 Å². The average Bonchev–Trinajstić information content (AvgIpc) is 2.43. The van der Waals surface area contributed by atoms with E-state index in [1.165, 1.54) is 0 Å². The minimum atomic E-state index is -0.532. The number of carbonyl (C=O) groups excluding carboxylic acids is 2. The summed E-state index contributed by atoms with van der Waals surface area (Å²) < 4.78 is 4.50. The number of hydrogen-bond acceptors (Lipinski definition) is 3. The monoisotopic (exact) mass is 176 g/mol. The Morgan fingerprint density at radius 2 is 2.00 bits per heavy atom. The van der Waals surface area contributed by atoms with Gasteiger partial charge in [0, 0.05) is 0 Å². The summed E-state index contributed by atoms with van der Waals surface area (Å²) in [5.41, 5.74) is 1.70. The number of fused-ring (bicyclic) bond motifs is 1. The summed E-state index contributed by atoms with van der Waals surface area (Å²) in [6, 6.07) is 5.21. The first kappa shape index (κ1) is 7.98. The molecule has 3 heteroatoms. The number of rotatable bonds is 1. The molecule has 13 heavy (non-hydrogen) atoms. The lowest BCUT2D eigenvalue weighted by Gasteiger charge is -1.99. The first-order valence-corrected chi connectivity index (χ1v) is 4.12. The molecule has 1 aliphatic rings. The fourth-order valence-corrected chi connectivity index (χ4v) is 1.50. The van der Waals surface area contributed by atoms with E-state index in [-0.39, 0.29) is 0 Å². The predicted octanol–water partition coefficient (Wildman–Crippen LogP) is 1.56. The smallest absolute Gasteiger partial charge is 0.347 e. The van der Waals surface area contributed by atoms with Crippen LogP contribution in [0.15, 0.2) is 18.2 Å². The van der Waals surface area contributed by atoms with Crippen LogP contribution in [-0.4, -0.2) is 11.9 Å². The molecule has 0 fully saturated rings. The molecule has 0 bridgehead atoms. The van der Waals surface area contributed by atoms with Crippen LogP contribution in [-0.2, 0) is 11.2 Å². The van der Waals surface area contributed by atoms with Gasteiger partial charge >= 0.3 is 11.9 Å². The van der Waals surface area contributed by atoms with E-state index in [0.29, 0.717) is 11.1 Å². The number of benzene rings is 1. The highest BCUT2D eigenvalue weighted by molar-refractivity contribution is 6.15. The second kappa shape index (κ2) is 2.69. The number of ether oxygens (including phenoxy) is 1. The van der Waals surface area contributed by atoms with Gasteiger partial charge in [0.15, 0.2) is 0 Å². The molecule has 0 saturated carbocycles. The minimum Gasteiger partial charge on any atom is -0.386 e. The van der Waals surface area contributed by atoms with E-state index in [1.807, 2.05) is 13.0 Å². The van der Waals surface area contributed by atoms with Crippen LogP contribution < -0.4 is 0 Å². The standard InChI is InChI=1S/C10H8O3/c1-2-6-4-3-5-7-8(6)10(12)13-9(7)11/h3-5H,2H2,1H3. The second-order valence-corrected chi connectivity index (χ2v) is 2.87. The summed E-state index contributed by atoms with van der Waals surface area (Å²) in [6.07, 6.45) is 0.728. The Kier molecular flexibility index (Phi) is 1.65. The highest BCUT2D eigenvalue weighted by atomic mass is 16.6.